The molecule has 1 aromatic carbocycles. The monoisotopic (exact) mass is 371 g/mol. The molecule has 0 atom stereocenters. The average Bonchev–Trinajstić information content (AvgIpc) is 3.27. The van der Waals surface area contributed by atoms with Crippen LogP contribution >= 0.6 is 22.9 Å². The summed E-state index contributed by atoms with van der Waals surface area (Å²) in [6, 6.07) is 13.2. The minimum Gasteiger partial charge on any atom is -0.360 e. The highest BCUT2D eigenvalue weighted by Crippen LogP contribution is 2.28. The lowest BCUT2D eigenvalue weighted by molar-refractivity contribution is 0.101. The van der Waals surface area contributed by atoms with Crippen LogP contribution < -0.4 is 5.32 Å². The molecule has 1 amide bonds. The third kappa shape index (κ3) is 3.06. The summed E-state index contributed by atoms with van der Waals surface area (Å²) in [6.07, 6.45) is 0. The predicted octanol–water partition coefficient (Wildman–Crippen LogP) is 4.95. The van der Waals surface area contributed by atoms with Gasteiger partial charge < -0.3 is 14.4 Å². The third-order valence-electron chi connectivity index (χ3n) is 3.91. The molecule has 0 bridgehead atoms. The fourth-order valence-corrected chi connectivity index (χ4v) is 3.76. The van der Waals surface area contributed by atoms with Gasteiger partial charge in [0.25, 0.3) is 5.91 Å². The van der Waals surface area contributed by atoms with Crippen LogP contribution in [0.3, 0.4) is 0 Å². The van der Waals surface area contributed by atoms with Gasteiger partial charge in [-0.15, -0.1) is 11.3 Å². The summed E-state index contributed by atoms with van der Waals surface area (Å²) < 4.78 is 8.02. The highest BCUT2D eigenvalue weighted by atomic mass is 35.5. The summed E-state index contributed by atoms with van der Waals surface area (Å²) >= 11 is 7.89. The molecule has 0 aliphatic heterocycles. The van der Waals surface area contributed by atoms with E-state index in [9.17, 15) is 4.79 Å². The van der Waals surface area contributed by atoms with Crippen molar-refractivity contribution in [1.82, 2.24) is 9.72 Å². The van der Waals surface area contributed by atoms with Crippen LogP contribution in [0.25, 0.3) is 10.2 Å². The molecule has 0 aliphatic rings. The smallest absolute Gasteiger partial charge is 0.273 e. The molecule has 7 heteroatoms. The Hall–Kier alpha value is -2.57. The minimum absolute atomic E-state index is 0.233. The van der Waals surface area contributed by atoms with E-state index in [-0.39, 0.29) is 5.91 Å². The molecule has 4 rings (SSSR count). The number of nitrogens with zero attached hydrogens (tertiary/aromatic N) is 2. The van der Waals surface area contributed by atoms with E-state index in [0.29, 0.717) is 28.8 Å². The zero-order valence-electron chi connectivity index (χ0n) is 13.3. The first-order valence-electron chi connectivity index (χ1n) is 7.66. The summed E-state index contributed by atoms with van der Waals surface area (Å²) in [5.41, 5.74) is 2.52. The zero-order chi connectivity index (χ0) is 17.4. The van der Waals surface area contributed by atoms with Gasteiger partial charge in [0.2, 0.25) is 0 Å². The maximum Gasteiger partial charge on any atom is 0.273 e. The van der Waals surface area contributed by atoms with Crippen molar-refractivity contribution in [3.8, 4) is 0 Å². The molecular weight excluding hydrogens is 358 g/mol. The summed E-state index contributed by atoms with van der Waals surface area (Å²) in [5, 5.41) is 9.28. The SMILES string of the molecule is Cc1cc(NC(=O)c2cc3sccc3n2Cc2ccccc2Cl)no1. The maximum absolute atomic E-state index is 12.7. The number of carbonyl (C=O) groups is 1. The number of rotatable bonds is 4. The Morgan fingerprint density at radius 3 is 2.92 bits per heavy atom. The van der Waals surface area contributed by atoms with Crippen molar-refractivity contribution in [3.63, 3.8) is 0 Å². The van der Waals surface area contributed by atoms with E-state index in [2.05, 4.69) is 10.5 Å². The van der Waals surface area contributed by atoms with Gasteiger partial charge in [-0.1, -0.05) is 35.0 Å². The lowest BCUT2D eigenvalue weighted by atomic mass is 10.2. The number of benzene rings is 1. The van der Waals surface area contributed by atoms with Gasteiger partial charge >= 0.3 is 0 Å². The molecule has 4 aromatic rings. The molecule has 0 radical (unpaired) electrons. The van der Waals surface area contributed by atoms with Crippen molar-refractivity contribution in [2.24, 2.45) is 0 Å². The maximum atomic E-state index is 12.7. The molecule has 0 saturated heterocycles. The van der Waals surface area contributed by atoms with Gasteiger partial charge in [-0.2, -0.15) is 0 Å². The van der Waals surface area contributed by atoms with Crippen LogP contribution in [0.5, 0.6) is 0 Å². The summed E-state index contributed by atoms with van der Waals surface area (Å²) in [4.78, 5) is 12.7. The van der Waals surface area contributed by atoms with Crippen molar-refractivity contribution in [3.05, 3.63) is 69.9 Å². The van der Waals surface area contributed by atoms with Crippen molar-refractivity contribution in [2.75, 3.05) is 5.32 Å². The fraction of sp³-hybridized carbons (Fsp3) is 0.111. The van der Waals surface area contributed by atoms with Crippen LogP contribution in [0.15, 0.2) is 52.4 Å². The van der Waals surface area contributed by atoms with Crippen LogP contribution in [-0.2, 0) is 6.54 Å². The van der Waals surface area contributed by atoms with E-state index >= 15 is 0 Å². The number of aromatic nitrogens is 2. The van der Waals surface area contributed by atoms with E-state index in [4.69, 9.17) is 16.1 Å². The van der Waals surface area contributed by atoms with E-state index < -0.39 is 0 Å². The van der Waals surface area contributed by atoms with Crippen LogP contribution in [-0.4, -0.2) is 15.6 Å². The molecular formula is C18H14ClN3O2S. The number of aryl methyl sites for hydroxylation is 1. The molecule has 3 heterocycles. The molecule has 0 unspecified atom stereocenters. The standard InChI is InChI=1S/C18H14ClN3O2S/c1-11-8-17(21-24-11)20-18(23)15-9-16-14(6-7-25-16)22(15)10-12-4-2-3-5-13(12)19/h2-9H,10H2,1H3,(H,20,21,23). The third-order valence-corrected chi connectivity index (χ3v) is 5.13. The number of thiophene rings is 1. The zero-order valence-corrected chi connectivity index (χ0v) is 14.9. The molecule has 5 nitrogen and oxygen atoms in total. The van der Waals surface area contributed by atoms with E-state index in [1.807, 2.05) is 46.3 Å². The first kappa shape index (κ1) is 15.9. The van der Waals surface area contributed by atoms with Gasteiger partial charge in [0.05, 0.1) is 10.2 Å². The lowest BCUT2D eigenvalue weighted by Crippen LogP contribution is -2.17. The molecule has 0 aliphatic carbocycles. The number of carbonyl (C=O) groups excluding carboxylic acids is 1. The van der Waals surface area contributed by atoms with E-state index in [1.165, 1.54) is 0 Å². The normalized spacial score (nSPS) is 11.1. The van der Waals surface area contributed by atoms with Crippen LogP contribution in [0.2, 0.25) is 5.02 Å². The molecule has 25 heavy (non-hydrogen) atoms. The average molecular weight is 372 g/mol. The minimum atomic E-state index is -0.233. The Balaban J connectivity index is 1.72. The van der Waals surface area contributed by atoms with Crippen molar-refractivity contribution in [1.29, 1.82) is 0 Å². The fourth-order valence-electron chi connectivity index (χ4n) is 2.74. The molecule has 1 N–H and O–H groups in total. The van der Waals surface area contributed by atoms with E-state index in [0.717, 1.165) is 15.8 Å². The van der Waals surface area contributed by atoms with Crippen LogP contribution in [0.1, 0.15) is 21.8 Å². The molecule has 126 valence electrons. The Bertz CT molecular complexity index is 1060. The number of halogens is 1. The van der Waals surface area contributed by atoms with Crippen molar-refractivity contribution in [2.45, 2.75) is 13.5 Å². The Morgan fingerprint density at radius 2 is 2.16 bits per heavy atom. The van der Waals surface area contributed by atoms with Gasteiger partial charge in [-0.25, -0.2) is 0 Å². The van der Waals surface area contributed by atoms with E-state index in [1.54, 1.807) is 24.3 Å². The highest BCUT2D eigenvalue weighted by Gasteiger charge is 2.18. The second-order valence-corrected chi connectivity index (χ2v) is 7.01. The number of anilines is 1. The first-order chi connectivity index (χ1) is 12.1. The summed E-state index contributed by atoms with van der Waals surface area (Å²) in [7, 11) is 0. The van der Waals surface area contributed by atoms with Gasteiger partial charge in [0, 0.05) is 17.6 Å². The summed E-state index contributed by atoms with van der Waals surface area (Å²) in [5.74, 6) is 0.808. The molecule has 0 saturated carbocycles. The Morgan fingerprint density at radius 1 is 1.32 bits per heavy atom. The summed E-state index contributed by atoms with van der Waals surface area (Å²) in [6.45, 7) is 2.29. The molecule has 0 fully saturated rings. The number of nitrogens with one attached hydrogen (secondary N) is 1. The largest absolute Gasteiger partial charge is 0.360 e. The quantitative estimate of drug-likeness (QED) is 0.552. The van der Waals surface area contributed by atoms with Gasteiger partial charge in [-0.3, -0.25) is 4.79 Å². The number of hydrogen-bond acceptors (Lipinski definition) is 4. The van der Waals surface area contributed by atoms with Crippen molar-refractivity contribution >= 4 is 44.9 Å². The molecule has 0 spiro atoms. The number of hydrogen-bond donors (Lipinski definition) is 1. The second kappa shape index (κ2) is 6.38. The first-order valence-corrected chi connectivity index (χ1v) is 8.92. The lowest BCUT2D eigenvalue weighted by Gasteiger charge is -2.11. The topological polar surface area (TPSA) is 60.1 Å². The molecule has 3 aromatic heterocycles. The number of fused-ring (bicyclic) bond motifs is 1. The predicted molar refractivity (Wildman–Crippen MR) is 99.6 cm³/mol. The Labute approximate surface area is 152 Å². The van der Waals surface area contributed by atoms with Gasteiger partial charge in [0.1, 0.15) is 11.5 Å². The van der Waals surface area contributed by atoms with Gasteiger partial charge in [0.15, 0.2) is 5.82 Å². The van der Waals surface area contributed by atoms with Crippen LogP contribution in [0, 0.1) is 6.92 Å². The second-order valence-electron chi connectivity index (χ2n) is 5.65. The van der Waals surface area contributed by atoms with Crippen LogP contribution in [0.4, 0.5) is 5.82 Å². The van der Waals surface area contributed by atoms with Gasteiger partial charge in [-0.05, 0) is 36.1 Å². The Kier molecular flexibility index (Phi) is 4.07. The number of amides is 1. The van der Waals surface area contributed by atoms with Crippen molar-refractivity contribution < 1.29 is 9.32 Å². The highest BCUT2D eigenvalue weighted by molar-refractivity contribution is 7.17.